The average molecular weight is 425 g/mol. The molecule has 0 fully saturated rings. The van der Waals surface area contributed by atoms with Crippen LogP contribution >= 0.6 is 0 Å². The minimum absolute atomic E-state index is 0.0266. The minimum atomic E-state index is -0.765. The van der Waals surface area contributed by atoms with Crippen LogP contribution in [0.3, 0.4) is 0 Å². The zero-order chi connectivity index (χ0) is 22.1. The third-order valence-electron chi connectivity index (χ3n) is 5.43. The Labute approximate surface area is 177 Å². The highest BCUT2D eigenvalue weighted by Gasteiger charge is 2.30. The highest BCUT2D eigenvalue weighted by Crippen LogP contribution is 2.38. The van der Waals surface area contributed by atoms with Crippen LogP contribution in [-0.4, -0.2) is 42.5 Å². The van der Waals surface area contributed by atoms with Crippen molar-refractivity contribution in [3.8, 4) is 28.8 Å². The van der Waals surface area contributed by atoms with Gasteiger partial charge in [0.05, 0.1) is 38.6 Å². The lowest BCUT2D eigenvalue weighted by Crippen LogP contribution is -2.38. The number of benzene rings is 2. The van der Waals surface area contributed by atoms with Gasteiger partial charge < -0.3 is 24.6 Å². The summed E-state index contributed by atoms with van der Waals surface area (Å²) in [5, 5.41) is 14.4. The molecule has 0 unspecified atom stereocenters. The van der Waals surface area contributed by atoms with Crippen LogP contribution in [0.2, 0.25) is 0 Å². The van der Waals surface area contributed by atoms with Crippen molar-refractivity contribution in [1.29, 1.82) is 0 Å². The Morgan fingerprint density at radius 3 is 2.39 bits per heavy atom. The molecule has 0 amide bonds. The summed E-state index contributed by atoms with van der Waals surface area (Å²) in [4.78, 5) is 27.8. The first-order chi connectivity index (χ1) is 15.0. The van der Waals surface area contributed by atoms with Crippen molar-refractivity contribution in [3.63, 3.8) is 0 Å². The fourth-order valence-corrected chi connectivity index (χ4v) is 3.98. The summed E-state index contributed by atoms with van der Waals surface area (Å²) >= 11 is 0. The van der Waals surface area contributed by atoms with Gasteiger partial charge in [-0.05, 0) is 41.8 Å². The zero-order valence-electron chi connectivity index (χ0n) is 17.4. The molecule has 0 spiro atoms. The summed E-state index contributed by atoms with van der Waals surface area (Å²) in [7, 11) is 4.55. The van der Waals surface area contributed by atoms with Gasteiger partial charge in [0.15, 0.2) is 11.5 Å². The molecule has 1 aromatic heterocycles. The monoisotopic (exact) mass is 425 g/mol. The first-order valence-corrected chi connectivity index (χ1v) is 9.69. The Hall–Kier alpha value is -3.72. The van der Waals surface area contributed by atoms with Gasteiger partial charge in [-0.15, -0.1) is 0 Å². The average Bonchev–Trinajstić information content (AvgIpc) is 2.78. The van der Waals surface area contributed by atoms with E-state index < -0.39 is 23.2 Å². The summed E-state index contributed by atoms with van der Waals surface area (Å²) in [5.74, 6) is 1.00. The molecule has 1 atom stereocenters. The number of hydrogen-bond acceptors (Lipinski definition) is 7. The number of aromatic nitrogens is 2. The molecule has 2 heterocycles. The fourth-order valence-electron chi connectivity index (χ4n) is 3.98. The molecule has 9 nitrogen and oxygen atoms in total. The normalized spacial score (nSPS) is 15.3. The topological polar surface area (TPSA) is 115 Å². The van der Waals surface area contributed by atoms with E-state index in [9.17, 15) is 14.7 Å². The Morgan fingerprint density at radius 2 is 1.68 bits per heavy atom. The molecule has 1 aliphatic heterocycles. The largest absolute Gasteiger partial charge is 0.495 e. The van der Waals surface area contributed by atoms with E-state index in [-0.39, 0.29) is 5.56 Å². The number of para-hydroxylation sites is 2. The van der Waals surface area contributed by atoms with Crippen LogP contribution < -0.4 is 30.8 Å². The fraction of sp³-hybridized carbons (Fsp3) is 0.273. The van der Waals surface area contributed by atoms with Gasteiger partial charge >= 0.3 is 5.69 Å². The SMILES string of the molecule is COc1cc2c(cc1OC)[C@H](c1c(O)n(-c3ccccc3OC)c(=O)[nH]c1=O)NCC2. The van der Waals surface area contributed by atoms with Crippen molar-refractivity contribution in [2.45, 2.75) is 12.5 Å². The van der Waals surface area contributed by atoms with E-state index >= 15 is 0 Å². The predicted octanol–water partition coefficient (Wildman–Crippen LogP) is 1.49. The maximum atomic E-state index is 12.8. The Balaban J connectivity index is 1.95. The van der Waals surface area contributed by atoms with Crippen LogP contribution in [-0.2, 0) is 6.42 Å². The predicted molar refractivity (Wildman–Crippen MR) is 114 cm³/mol. The number of H-pyrrole nitrogens is 1. The van der Waals surface area contributed by atoms with Crippen LogP contribution in [0.25, 0.3) is 5.69 Å². The number of hydrogen-bond donors (Lipinski definition) is 3. The number of fused-ring (bicyclic) bond motifs is 1. The summed E-state index contributed by atoms with van der Waals surface area (Å²) in [6.07, 6.45) is 0.705. The molecule has 0 radical (unpaired) electrons. The van der Waals surface area contributed by atoms with E-state index in [2.05, 4.69) is 10.3 Å². The van der Waals surface area contributed by atoms with Gasteiger partial charge in [0.1, 0.15) is 5.75 Å². The van der Waals surface area contributed by atoms with Gasteiger partial charge in [-0.1, -0.05) is 12.1 Å². The van der Waals surface area contributed by atoms with Crippen molar-refractivity contribution >= 4 is 0 Å². The lowest BCUT2D eigenvalue weighted by atomic mass is 9.90. The van der Waals surface area contributed by atoms with Crippen LogP contribution in [0.1, 0.15) is 22.7 Å². The number of nitrogens with one attached hydrogen (secondary N) is 2. The highest BCUT2D eigenvalue weighted by atomic mass is 16.5. The van der Waals surface area contributed by atoms with E-state index in [1.165, 1.54) is 14.2 Å². The smallest absolute Gasteiger partial charge is 0.335 e. The maximum absolute atomic E-state index is 12.8. The molecule has 1 aliphatic rings. The van der Waals surface area contributed by atoms with Crippen LogP contribution in [0.15, 0.2) is 46.0 Å². The standard InChI is InChI=1S/C22H23N3O6/c1-29-15-7-5-4-6-14(15)25-21(27)18(20(26)24-22(25)28)19-13-11-17(31-3)16(30-2)10-12(13)8-9-23-19/h4-7,10-11,19,23,27H,8-9H2,1-3H3,(H,24,26,28)/t19-/m1/s1. The molecule has 0 bridgehead atoms. The van der Waals surface area contributed by atoms with E-state index in [1.54, 1.807) is 37.4 Å². The maximum Gasteiger partial charge on any atom is 0.335 e. The lowest BCUT2D eigenvalue weighted by molar-refractivity contribution is 0.352. The Morgan fingerprint density at radius 1 is 1.00 bits per heavy atom. The van der Waals surface area contributed by atoms with Crippen LogP contribution in [0, 0.1) is 0 Å². The number of aromatic hydroxyl groups is 1. The Bertz CT molecular complexity index is 1250. The van der Waals surface area contributed by atoms with Crippen molar-refractivity contribution in [2.24, 2.45) is 0 Å². The number of methoxy groups -OCH3 is 3. The van der Waals surface area contributed by atoms with Gasteiger partial charge in [-0.2, -0.15) is 0 Å². The van der Waals surface area contributed by atoms with Gasteiger partial charge in [0, 0.05) is 6.54 Å². The molecule has 0 saturated heterocycles. The van der Waals surface area contributed by atoms with Gasteiger partial charge in [-0.3, -0.25) is 9.78 Å². The molecular weight excluding hydrogens is 402 g/mol. The number of aromatic amines is 1. The summed E-state index contributed by atoms with van der Waals surface area (Å²) < 4.78 is 17.2. The minimum Gasteiger partial charge on any atom is -0.495 e. The van der Waals surface area contributed by atoms with E-state index in [4.69, 9.17) is 14.2 Å². The molecule has 0 saturated carbocycles. The molecule has 162 valence electrons. The molecule has 3 N–H and O–H groups in total. The van der Waals surface area contributed by atoms with Gasteiger partial charge in [-0.25, -0.2) is 9.36 Å². The second-order valence-corrected chi connectivity index (χ2v) is 7.05. The summed E-state index contributed by atoms with van der Waals surface area (Å²) in [6.45, 7) is 0.569. The zero-order valence-corrected chi connectivity index (χ0v) is 17.4. The molecule has 3 aromatic rings. The summed E-state index contributed by atoms with van der Waals surface area (Å²) in [5.41, 5.74) is 0.616. The molecule has 2 aromatic carbocycles. The third kappa shape index (κ3) is 3.42. The second-order valence-electron chi connectivity index (χ2n) is 7.05. The van der Waals surface area contributed by atoms with Gasteiger partial charge in [0.2, 0.25) is 5.88 Å². The first-order valence-electron chi connectivity index (χ1n) is 9.69. The van der Waals surface area contributed by atoms with Crippen molar-refractivity contribution in [3.05, 3.63) is 73.9 Å². The third-order valence-corrected chi connectivity index (χ3v) is 5.43. The highest BCUT2D eigenvalue weighted by molar-refractivity contribution is 5.54. The van der Waals surface area contributed by atoms with Crippen molar-refractivity contribution in [2.75, 3.05) is 27.9 Å². The first kappa shape index (κ1) is 20.5. The molecule has 9 heteroatoms. The van der Waals surface area contributed by atoms with Crippen molar-refractivity contribution < 1.29 is 19.3 Å². The van der Waals surface area contributed by atoms with Gasteiger partial charge in [0.25, 0.3) is 5.56 Å². The molecule has 31 heavy (non-hydrogen) atoms. The Kier molecular flexibility index (Phi) is 5.43. The van der Waals surface area contributed by atoms with Crippen molar-refractivity contribution in [1.82, 2.24) is 14.9 Å². The number of rotatable bonds is 5. The second kappa shape index (κ2) is 8.19. The molecular formula is C22H23N3O6. The van der Waals surface area contributed by atoms with Crippen LogP contribution in [0.4, 0.5) is 0 Å². The van der Waals surface area contributed by atoms with E-state index in [1.807, 2.05) is 6.07 Å². The van der Waals surface area contributed by atoms with Crippen LogP contribution in [0.5, 0.6) is 23.1 Å². The number of nitrogens with zero attached hydrogens (tertiary/aromatic N) is 1. The summed E-state index contributed by atoms with van der Waals surface area (Å²) in [6, 6.07) is 9.73. The number of ether oxygens (including phenoxy) is 3. The quantitative estimate of drug-likeness (QED) is 0.567. The van der Waals surface area contributed by atoms with E-state index in [0.29, 0.717) is 35.9 Å². The molecule has 0 aliphatic carbocycles. The lowest BCUT2D eigenvalue weighted by Gasteiger charge is -2.28. The van der Waals surface area contributed by atoms with E-state index in [0.717, 1.165) is 15.7 Å². The molecule has 4 rings (SSSR count).